The highest BCUT2D eigenvalue weighted by Crippen LogP contribution is 2.30. The summed E-state index contributed by atoms with van der Waals surface area (Å²) in [4.78, 5) is -0.776. The van der Waals surface area contributed by atoms with Crippen LogP contribution in [0.15, 0.2) is 29.2 Å². The van der Waals surface area contributed by atoms with Crippen LogP contribution in [0.2, 0.25) is 0 Å². The van der Waals surface area contributed by atoms with Gasteiger partial charge < -0.3 is 5.32 Å². The number of hydrogen-bond donors (Lipinski definition) is 1. The first-order chi connectivity index (χ1) is 7.79. The molecule has 1 aromatic rings. The summed E-state index contributed by atoms with van der Waals surface area (Å²) in [5.41, 5.74) is -4.77. The van der Waals surface area contributed by atoms with Crippen molar-refractivity contribution in [3.05, 3.63) is 24.3 Å². The highest BCUT2D eigenvalue weighted by molar-refractivity contribution is 7.92. The molecule has 0 spiro atoms. The van der Waals surface area contributed by atoms with Crippen LogP contribution >= 0.6 is 11.6 Å². The molecule has 8 heteroatoms. The van der Waals surface area contributed by atoms with E-state index >= 15 is 0 Å². The van der Waals surface area contributed by atoms with Crippen molar-refractivity contribution in [2.45, 2.75) is 10.4 Å². The zero-order valence-electron chi connectivity index (χ0n) is 8.46. The van der Waals surface area contributed by atoms with Crippen molar-refractivity contribution in [1.29, 1.82) is 0 Å². The van der Waals surface area contributed by atoms with E-state index in [0.29, 0.717) is 18.1 Å². The van der Waals surface area contributed by atoms with Crippen LogP contribution < -0.4 is 5.32 Å². The quantitative estimate of drug-likeness (QED) is 0.866. The van der Waals surface area contributed by atoms with Crippen molar-refractivity contribution in [3.63, 3.8) is 0 Å². The Morgan fingerprint density at radius 1 is 1.18 bits per heavy atom. The van der Waals surface area contributed by atoms with E-state index in [4.69, 9.17) is 11.6 Å². The van der Waals surface area contributed by atoms with Crippen molar-refractivity contribution in [2.24, 2.45) is 0 Å². The molecule has 0 aliphatic carbocycles. The molecule has 0 heterocycles. The number of benzene rings is 1. The van der Waals surface area contributed by atoms with E-state index in [0.717, 1.165) is 12.1 Å². The average molecular weight is 288 g/mol. The normalized spacial score (nSPS) is 12.5. The second-order valence-electron chi connectivity index (χ2n) is 3.09. The first-order valence-corrected chi connectivity index (χ1v) is 6.52. The second-order valence-corrected chi connectivity index (χ2v) is 5.41. The van der Waals surface area contributed by atoms with Gasteiger partial charge in [-0.15, -0.1) is 11.6 Å². The second kappa shape index (κ2) is 5.14. The highest BCUT2D eigenvalue weighted by atomic mass is 35.5. The molecule has 0 aliphatic rings. The largest absolute Gasteiger partial charge is 0.501 e. The zero-order chi connectivity index (χ0) is 13.1. The van der Waals surface area contributed by atoms with Crippen molar-refractivity contribution in [2.75, 3.05) is 17.7 Å². The molecule has 0 bridgehead atoms. The van der Waals surface area contributed by atoms with E-state index in [-0.39, 0.29) is 0 Å². The van der Waals surface area contributed by atoms with Crippen molar-refractivity contribution in [3.8, 4) is 0 Å². The lowest BCUT2D eigenvalue weighted by Crippen LogP contribution is -2.23. The molecule has 1 rings (SSSR count). The van der Waals surface area contributed by atoms with Gasteiger partial charge in [-0.25, -0.2) is 8.42 Å². The van der Waals surface area contributed by atoms with E-state index < -0.39 is 20.2 Å². The predicted octanol–water partition coefficient (Wildman–Crippen LogP) is 2.63. The van der Waals surface area contributed by atoms with Crippen LogP contribution in [-0.2, 0) is 9.84 Å². The predicted molar refractivity (Wildman–Crippen MR) is 58.9 cm³/mol. The smallest absolute Gasteiger partial charge is 0.384 e. The van der Waals surface area contributed by atoms with Crippen LogP contribution in [-0.4, -0.2) is 26.4 Å². The molecule has 96 valence electrons. The zero-order valence-corrected chi connectivity index (χ0v) is 10.0. The van der Waals surface area contributed by atoms with Crippen LogP contribution in [0.5, 0.6) is 0 Å². The van der Waals surface area contributed by atoms with Crippen LogP contribution in [0.4, 0.5) is 18.9 Å². The summed E-state index contributed by atoms with van der Waals surface area (Å²) in [5.74, 6) is 0.336. The Labute approximate surface area is 102 Å². The number of sulfone groups is 1. The van der Waals surface area contributed by atoms with E-state index in [2.05, 4.69) is 5.32 Å². The molecule has 0 radical (unpaired) electrons. The highest BCUT2D eigenvalue weighted by Gasteiger charge is 2.46. The summed E-state index contributed by atoms with van der Waals surface area (Å²) in [6, 6.07) is 4.31. The number of anilines is 1. The Kier molecular flexibility index (Phi) is 4.26. The van der Waals surface area contributed by atoms with E-state index in [1.165, 1.54) is 12.1 Å². The number of nitrogens with one attached hydrogen (secondary N) is 1. The minimum absolute atomic E-state index is 0.336. The van der Waals surface area contributed by atoms with Crippen molar-refractivity contribution < 1.29 is 21.6 Å². The van der Waals surface area contributed by atoms with Crippen LogP contribution in [0, 0.1) is 0 Å². The van der Waals surface area contributed by atoms with Gasteiger partial charge in [-0.1, -0.05) is 0 Å². The lowest BCUT2D eigenvalue weighted by molar-refractivity contribution is -0.0436. The van der Waals surface area contributed by atoms with Crippen molar-refractivity contribution in [1.82, 2.24) is 0 Å². The van der Waals surface area contributed by atoms with Gasteiger partial charge in [0.2, 0.25) is 0 Å². The fourth-order valence-electron chi connectivity index (χ4n) is 1.08. The third kappa shape index (κ3) is 3.26. The number of rotatable bonds is 4. The van der Waals surface area contributed by atoms with Crippen LogP contribution in [0.25, 0.3) is 0 Å². The summed E-state index contributed by atoms with van der Waals surface area (Å²) in [6.45, 7) is 0.437. The Morgan fingerprint density at radius 2 is 1.71 bits per heavy atom. The molecule has 0 unspecified atom stereocenters. The third-order valence-electron chi connectivity index (χ3n) is 1.89. The summed E-state index contributed by atoms with van der Waals surface area (Å²) in [7, 11) is -5.27. The van der Waals surface area contributed by atoms with Gasteiger partial charge in [-0.3, -0.25) is 0 Å². The Balaban J connectivity index is 2.96. The Bertz CT molecular complexity index is 470. The van der Waals surface area contributed by atoms with Gasteiger partial charge in [0.15, 0.2) is 0 Å². The molecule has 1 N–H and O–H groups in total. The van der Waals surface area contributed by atoms with E-state index in [1.807, 2.05) is 0 Å². The van der Waals surface area contributed by atoms with E-state index in [1.54, 1.807) is 0 Å². The van der Waals surface area contributed by atoms with Gasteiger partial charge in [0.05, 0.1) is 4.90 Å². The first-order valence-electron chi connectivity index (χ1n) is 4.50. The van der Waals surface area contributed by atoms with Gasteiger partial charge in [0.25, 0.3) is 9.84 Å². The molecule has 0 fully saturated rings. The molecule has 0 amide bonds. The lowest BCUT2D eigenvalue weighted by atomic mass is 10.3. The molecule has 0 aliphatic heterocycles. The molecule has 0 atom stereocenters. The molecule has 1 aromatic carbocycles. The molecule has 0 saturated carbocycles. The number of alkyl halides is 4. The monoisotopic (exact) mass is 287 g/mol. The summed E-state index contributed by atoms with van der Waals surface area (Å²) < 4.78 is 58.6. The van der Waals surface area contributed by atoms with Gasteiger partial charge in [-0.05, 0) is 24.3 Å². The average Bonchev–Trinajstić information content (AvgIpc) is 2.25. The fraction of sp³-hybridized carbons (Fsp3) is 0.333. The minimum atomic E-state index is -5.28. The fourth-order valence-corrected chi connectivity index (χ4v) is 1.93. The van der Waals surface area contributed by atoms with Crippen molar-refractivity contribution >= 4 is 27.1 Å². The van der Waals surface area contributed by atoms with Gasteiger partial charge in [-0.2, -0.15) is 13.2 Å². The van der Waals surface area contributed by atoms with Crippen LogP contribution in [0.3, 0.4) is 0 Å². The maximum absolute atomic E-state index is 12.2. The molecular formula is C9H9ClF3NO2S. The molecule has 17 heavy (non-hydrogen) atoms. The van der Waals surface area contributed by atoms with Gasteiger partial charge in [0.1, 0.15) is 0 Å². The maximum Gasteiger partial charge on any atom is 0.501 e. The molecule has 0 aromatic heterocycles. The summed E-state index contributed by atoms with van der Waals surface area (Å²) in [5, 5.41) is 2.80. The summed E-state index contributed by atoms with van der Waals surface area (Å²) >= 11 is 5.41. The Morgan fingerprint density at radius 3 is 2.12 bits per heavy atom. The molecule has 0 saturated heterocycles. The minimum Gasteiger partial charge on any atom is -0.384 e. The first kappa shape index (κ1) is 14.1. The third-order valence-corrected chi connectivity index (χ3v) is 3.58. The van der Waals surface area contributed by atoms with Gasteiger partial charge in [0, 0.05) is 18.1 Å². The SMILES string of the molecule is O=S(=O)(c1ccc(NCCCl)cc1)C(F)(F)F. The van der Waals surface area contributed by atoms with E-state index in [9.17, 15) is 21.6 Å². The number of halogens is 4. The topological polar surface area (TPSA) is 46.2 Å². The number of hydrogen-bond acceptors (Lipinski definition) is 3. The maximum atomic E-state index is 12.2. The standard InChI is InChI=1S/C9H9ClF3NO2S/c10-5-6-14-7-1-3-8(4-2-7)17(15,16)9(11,12)13/h1-4,14H,5-6H2. The molecular weight excluding hydrogens is 279 g/mol. The lowest BCUT2D eigenvalue weighted by Gasteiger charge is -2.09. The van der Waals surface area contributed by atoms with Crippen LogP contribution in [0.1, 0.15) is 0 Å². The summed E-state index contributed by atoms with van der Waals surface area (Å²) in [6.07, 6.45) is 0. The Hall–Kier alpha value is -0.950. The molecule has 3 nitrogen and oxygen atoms in total. The van der Waals surface area contributed by atoms with Gasteiger partial charge >= 0.3 is 5.51 Å².